The first-order chi connectivity index (χ1) is 10.3. The van der Waals surface area contributed by atoms with Gasteiger partial charge in [0.2, 0.25) is 0 Å². The second kappa shape index (κ2) is 11.6. The van der Waals surface area contributed by atoms with Gasteiger partial charge in [-0.2, -0.15) is 0 Å². The molecule has 2 heteroatoms. The first-order valence-corrected chi connectivity index (χ1v) is 8.85. The van der Waals surface area contributed by atoms with Crippen molar-refractivity contribution in [1.82, 2.24) is 4.90 Å². The van der Waals surface area contributed by atoms with Crippen molar-refractivity contribution >= 4 is 5.69 Å². The van der Waals surface area contributed by atoms with Gasteiger partial charge in [0.15, 0.2) is 0 Å². The summed E-state index contributed by atoms with van der Waals surface area (Å²) in [6.07, 6.45) is 8.14. The van der Waals surface area contributed by atoms with Crippen LogP contribution in [-0.4, -0.2) is 24.5 Å². The Hall–Kier alpha value is -1.02. The monoisotopic (exact) mass is 290 g/mol. The van der Waals surface area contributed by atoms with Crippen LogP contribution < -0.4 is 5.32 Å². The van der Waals surface area contributed by atoms with Gasteiger partial charge in [0, 0.05) is 18.8 Å². The summed E-state index contributed by atoms with van der Waals surface area (Å²) in [5.74, 6) is 0. The van der Waals surface area contributed by atoms with Gasteiger partial charge in [0.25, 0.3) is 0 Å². The van der Waals surface area contributed by atoms with E-state index in [1.807, 2.05) is 0 Å². The van der Waals surface area contributed by atoms with Gasteiger partial charge in [-0.3, -0.25) is 4.90 Å². The minimum atomic E-state index is 1.06. The lowest BCUT2D eigenvalue weighted by molar-refractivity contribution is 0.296. The average Bonchev–Trinajstić information content (AvgIpc) is 2.52. The number of rotatable bonds is 12. The summed E-state index contributed by atoms with van der Waals surface area (Å²) in [6.45, 7) is 11.1. The molecule has 0 saturated heterocycles. The number of hydrogen-bond acceptors (Lipinski definition) is 2. The molecule has 0 heterocycles. The van der Waals surface area contributed by atoms with Gasteiger partial charge in [0.1, 0.15) is 0 Å². The highest BCUT2D eigenvalue weighted by molar-refractivity contribution is 5.45. The lowest BCUT2D eigenvalue weighted by atomic mass is 10.1. The molecular weight excluding hydrogens is 256 g/mol. The van der Waals surface area contributed by atoms with Crippen molar-refractivity contribution in [2.75, 3.05) is 25.0 Å². The highest BCUT2D eigenvalue weighted by atomic mass is 15.1. The van der Waals surface area contributed by atoms with E-state index in [1.165, 1.54) is 49.8 Å². The zero-order chi connectivity index (χ0) is 15.3. The molecule has 0 fully saturated rings. The summed E-state index contributed by atoms with van der Waals surface area (Å²) in [5, 5.41) is 3.57. The maximum Gasteiger partial charge on any atom is 0.0343 e. The minimum Gasteiger partial charge on any atom is -0.385 e. The molecular formula is C19H34N2. The summed E-state index contributed by atoms with van der Waals surface area (Å²) >= 11 is 0. The van der Waals surface area contributed by atoms with E-state index in [9.17, 15) is 0 Å². The highest BCUT2D eigenvalue weighted by Crippen LogP contribution is 2.13. The predicted molar refractivity (Wildman–Crippen MR) is 94.9 cm³/mol. The Morgan fingerprint density at radius 2 is 1.62 bits per heavy atom. The van der Waals surface area contributed by atoms with Crippen LogP contribution in [0.15, 0.2) is 24.3 Å². The number of nitrogens with zero attached hydrogens (tertiary/aromatic N) is 1. The molecule has 120 valence electrons. The van der Waals surface area contributed by atoms with Crippen LogP contribution in [0.2, 0.25) is 0 Å². The van der Waals surface area contributed by atoms with Gasteiger partial charge < -0.3 is 5.32 Å². The van der Waals surface area contributed by atoms with Gasteiger partial charge in [-0.1, -0.05) is 65.0 Å². The maximum absolute atomic E-state index is 3.57. The van der Waals surface area contributed by atoms with Crippen molar-refractivity contribution in [3.8, 4) is 0 Å². The fourth-order valence-electron chi connectivity index (χ4n) is 2.62. The van der Waals surface area contributed by atoms with E-state index >= 15 is 0 Å². The Morgan fingerprint density at radius 3 is 2.33 bits per heavy atom. The van der Waals surface area contributed by atoms with Crippen LogP contribution in [0.3, 0.4) is 0 Å². The maximum atomic E-state index is 3.57. The van der Waals surface area contributed by atoms with Crippen LogP contribution in [0.4, 0.5) is 5.69 Å². The van der Waals surface area contributed by atoms with Crippen molar-refractivity contribution in [3.05, 3.63) is 29.8 Å². The molecule has 0 amide bonds. The topological polar surface area (TPSA) is 15.3 Å². The first kappa shape index (κ1) is 18.0. The Labute approximate surface area is 131 Å². The van der Waals surface area contributed by atoms with Crippen LogP contribution in [0.25, 0.3) is 0 Å². The zero-order valence-electron chi connectivity index (χ0n) is 14.3. The number of nitrogens with one attached hydrogen (secondary N) is 1. The lowest BCUT2D eigenvalue weighted by Gasteiger charge is -2.18. The Bertz CT molecular complexity index is 358. The largest absolute Gasteiger partial charge is 0.385 e. The van der Waals surface area contributed by atoms with Crippen molar-refractivity contribution in [2.24, 2.45) is 0 Å². The molecule has 1 N–H and O–H groups in total. The molecule has 0 unspecified atom stereocenters. The number of benzene rings is 1. The molecule has 0 atom stereocenters. The summed E-state index contributed by atoms with van der Waals surface area (Å²) in [7, 11) is 0. The third kappa shape index (κ3) is 8.11. The van der Waals surface area contributed by atoms with E-state index in [2.05, 4.69) is 55.3 Å². The van der Waals surface area contributed by atoms with Gasteiger partial charge in [-0.15, -0.1) is 0 Å². The van der Waals surface area contributed by atoms with Gasteiger partial charge in [0.05, 0.1) is 0 Å². The molecule has 1 aromatic carbocycles. The van der Waals surface area contributed by atoms with Crippen molar-refractivity contribution < 1.29 is 0 Å². The minimum absolute atomic E-state index is 1.06. The standard InChI is InChI=1S/C19H34N2/c1-4-7-8-9-10-11-15-20-19-14-12-13-18(16-19)17-21(5-2)6-3/h12-14,16,20H,4-11,15,17H2,1-3H3. The van der Waals surface area contributed by atoms with Gasteiger partial charge in [-0.05, 0) is 37.2 Å². The molecule has 2 nitrogen and oxygen atoms in total. The number of anilines is 1. The summed E-state index contributed by atoms with van der Waals surface area (Å²) in [5.41, 5.74) is 2.68. The third-order valence-electron chi connectivity index (χ3n) is 4.09. The summed E-state index contributed by atoms with van der Waals surface area (Å²) < 4.78 is 0. The Balaban J connectivity index is 2.26. The third-order valence-corrected chi connectivity index (χ3v) is 4.09. The van der Waals surface area contributed by atoms with Crippen LogP contribution in [-0.2, 0) is 6.54 Å². The van der Waals surface area contributed by atoms with Crippen molar-refractivity contribution in [3.63, 3.8) is 0 Å². The molecule has 21 heavy (non-hydrogen) atoms. The van der Waals surface area contributed by atoms with Crippen LogP contribution >= 0.6 is 0 Å². The molecule has 0 radical (unpaired) electrons. The molecule has 0 saturated carbocycles. The second-order valence-corrected chi connectivity index (χ2v) is 5.86. The molecule has 0 aliphatic heterocycles. The average molecular weight is 290 g/mol. The van der Waals surface area contributed by atoms with E-state index < -0.39 is 0 Å². The normalized spacial score (nSPS) is 11.0. The lowest BCUT2D eigenvalue weighted by Crippen LogP contribution is -2.22. The predicted octanol–water partition coefficient (Wildman–Crippen LogP) is 5.30. The number of hydrogen-bond donors (Lipinski definition) is 1. The van der Waals surface area contributed by atoms with E-state index in [0.717, 1.165) is 26.2 Å². The Kier molecular flexibility index (Phi) is 9.98. The second-order valence-electron chi connectivity index (χ2n) is 5.86. The van der Waals surface area contributed by atoms with E-state index in [4.69, 9.17) is 0 Å². The quantitative estimate of drug-likeness (QED) is 0.525. The molecule has 0 aliphatic carbocycles. The smallest absolute Gasteiger partial charge is 0.0343 e. The van der Waals surface area contributed by atoms with E-state index in [0.29, 0.717) is 0 Å². The molecule has 0 aliphatic rings. The first-order valence-electron chi connectivity index (χ1n) is 8.85. The zero-order valence-corrected chi connectivity index (χ0v) is 14.3. The molecule has 1 aromatic rings. The van der Waals surface area contributed by atoms with E-state index in [1.54, 1.807) is 0 Å². The number of unbranched alkanes of at least 4 members (excludes halogenated alkanes) is 5. The SMILES string of the molecule is CCCCCCCCNc1cccc(CN(CC)CC)c1. The molecule has 0 aromatic heterocycles. The van der Waals surface area contributed by atoms with Crippen molar-refractivity contribution in [2.45, 2.75) is 65.8 Å². The van der Waals surface area contributed by atoms with Gasteiger partial charge >= 0.3 is 0 Å². The van der Waals surface area contributed by atoms with Gasteiger partial charge in [-0.25, -0.2) is 0 Å². The fourth-order valence-corrected chi connectivity index (χ4v) is 2.62. The molecule has 1 rings (SSSR count). The van der Waals surface area contributed by atoms with Crippen LogP contribution in [0.1, 0.15) is 64.9 Å². The van der Waals surface area contributed by atoms with E-state index in [-0.39, 0.29) is 0 Å². The summed E-state index contributed by atoms with van der Waals surface area (Å²) in [4.78, 5) is 2.45. The van der Waals surface area contributed by atoms with Crippen LogP contribution in [0.5, 0.6) is 0 Å². The highest BCUT2D eigenvalue weighted by Gasteiger charge is 2.01. The fraction of sp³-hybridized carbons (Fsp3) is 0.684. The molecule has 0 bridgehead atoms. The molecule has 0 spiro atoms. The van der Waals surface area contributed by atoms with Crippen molar-refractivity contribution in [1.29, 1.82) is 0 Å². The Morgan fingerprint density at radius 1 is 0.905 bits per heavy atom. The summed E-state index contributed by atoms with van der Waals surface area (Å²) in [6, 6.07) is 8.88. The van der Waals surface area contributed by atoms with Crippen LogP contribution in [0, 0.1) is 0 Å².